The summed E-state index contributed by atoms with van der Waals surface area (Å²) < 4.78 is 25.9. The number of rotatable bonds is 9. The van der Waals surface area contributed by atoms with Gasteiger partial charge in [-0.1, -0.05) is 37.6 Å². The molecule has 4 aromatic carbocycles. The van der Waals surface area contributed by atoms with Gasteiger partial charge in [0.25, 0.3) is 11.5 Å². The van der Waals surface area contributed by atoms with Crippen molar-refractivity contribution in [3.05, 3.63) is 117 Å². The number of nitrogens with one attached hydrogen (secondary N) is 1. The molecule has 0 radical (unpaired) electrons. The first-order valence-electron chi connectivity index (χ1n) is 13.9. The van der Waals surface area contributed by atoms with E-state index in [4.69, 9.17) is 26.1 Å². The van der Waals surface area contributed by atoms with Crippen molar-refractivity contribution < 1.29 is 18.7 Å². The average molecular weight is 613 g/mol. The number of aryl methyl sites for hydroxylation is 1. The quantitative estimate of drug-likeness (QED) is 0.178. The molecule has 0 aliphatic heterocycles. The van der Waals surface area contributed by atoms with Gasteiger partial charge < -0.3 is 14.8 Å². The van der Waals surface area contributed by atoms with E-state index < -0.39 is 11.7 Å². The second-order valence-corrected chi connectivity index (χ2v) is 10.8. The number of amides is 1. The van der Waals surface area contributed by atoms with Crippen LogP contribution in [0.2, 0.25) is 5.02 Å². The van der Waals surface area contributed by atoms with E-state index in [-0.39, 0.29) is 18.1 Å². The molecule has 1 N–H and O–H groups in total. The highest BCUT2D eigenvalue weighted by atomic mass is 35.5. The lowest BCUT2D eigenvalue weighted by Gasteiger charge is -2.17. The minimum atomic E-state index is -0.442. The Hall–Kier alpha value is -5.02. The Bertz CT molecular complexity index is 1940. The number of carbonyl (C=O) groups is 1. The summed E-state index contributed by atoms with van der Waals surface area (Å²) in [4.78, 5) is 31.2. The lowest BCUT2D eigenvalue weighted by atomic mass is 9.96. The average Bonchev–Trinajstić information content (AvgIpc) is 3.01. The summed E-state index contributed by atoms with van der Waals surface area (Å²) in [6.07, 6.45) is 1.45. The van der Waals surface area contributed by atoms with Crippen molar-refractivity contribution in [1.29, 1.82) is 0 Å². The highest BCUT2D eigenvalue weighted by Gasteiger charge is 2.18. The SMILES string of the molecule is COc1cc(C)c(-c2nc3ccccc3c(=O)n2N=Cc2cc(Cl)ccc2OCC(=O)Nc2ccc(F)cc2)cc1C(C)C. The number of hydrogen-bond acceptors (Lipinski definition) is 6. The Balaban J connectivity index is 1.54. The smallest absolute Gasteiger partial charge is 0.282 e. The first-order chi connectivity index (χ1) is 21.1. The summed E-state index contributed by atoms with van der Waals surface area (Å²) >= 11 is 6.29. The number of para-hydroxylation sites is 1. The fraction of sp³-hybridized carbons (Fsp3) is 0.176. The van der Waals surface area contributed by atoms with Crippen molar-refractivity contribution in [2.24, 2.45) is 5.10 Å². The Morgan fingerprint density at radius 1 is 1.07 bits per heavy atom. The molecule has 224 valence electrons. The van der Waals surface area contributed by atoms with Gasteiger partial charge in [-0.25, -0.2) is 9.37 Å². The van der Waals surface area contributed by atoms with Gasteiger partial charge in [0.15, 0.2) is 12.4 Å². The zero-order chi connectivity index (χ0) is 31.4. The summed E-state index contributed by atoms with van der Waals surface area (Å²) in [7, 11) is 1.63. The number of benzene rings is 4. The summed E-state index contributed by atoms with van der Waals surface area (Å²) in [5.41, 5.74) is 3.61. The minimum absolute atomic E-state index is 0.153. The van der Waals surface area contributed by atoms with Gasteiger partial charge >= 0.3 is 0 Å². The van der Waals surface area contributed by atoms with E-state index in [1.54, 1.807) is 43.5 Å². The van der Waals surface area contributed by atoms with Crippen molar-refractivity contribution >= 4 is 40.3 Å². The predicted molar refractivity (Wildman–Crippen MR) is 172 cm³/mol. The van der Waals surface area contributed by atoms with E-state index in [1.807, 2.05) is 25.1 Å². The number of anilines is 1. The van der Waals surface area contributed by atoms with Crippen molar-refractivity contribution in [2.45, 2.75) is 26.7 Å². The number of hydrogen-bond donors (Lipinski definition) is 1. The van der Waals surface area contributed by atoms with E-state index in [2.05, 4.69) is 24.3 Å². The van der Waals surface area contributed by atoms with Crippen LogP contribution < -0.4 is 20.3 Å². The van der Waals surface area contributed by atoms with E-state index >= 15 is 0 Å². The fourth-order valence-corrected chi connectivity index (χ4v) is 4.90. The maximum Gasteiger partial charge on any atom is 0.282 e. The number of aromatic nitrogens is 2. The van der Waals surface area contributed by atoms with Gasteiger partial charge in [0.1, 0.15) is 17.3 Å². The van der Waals surface area contributed by atoms with Crippen LogP contribution in [0.5, 0.6) is 11.5 Å². The Labute approximate surface area is 258 Å². The Morgan fingerprint density at radius 3 is 2.55 bits per heavy atom. The van der Waals surface area contributed by atoms with Gasteiger partial charge in [-0.3, -0.25) is 9.59 Å². The monoisotopic (exact) mass is 612 g/mol. The molecule has 0 saturated heterocycles. The van der Waals surface area contributed by atoms with Crippen LogP contribution in [0.1, 0.15) is 36.5 Å². The van der Waals surface area contributed by atoms with Crippen LogP contribution in [0.3, 0.4) is 0 Å². The highest BCUT2D eigenvalue weighted by Crippen LogP contribution is 2.34. The van der Waals surface area contributed by atoms with Gasteiger partial charge in [0.05, 0.1) is 24.2 Å². The maximum atomic E-state index is 13.8. The number of ether oxygens (including phenoxy) is 2. The number of halogens is 2. The fourth-order valence-electron chi connectivity index (χ4n) is 4.72. The summed E-state index contributed by atoms with van der Waals surface area (Å²) in [6.45, 7) is 5.73. The molecular formula is C34H30ClFN4O4. The second-order valence-electron chi connectivity index (χ2n) is 10.4. The lowest BCUT2D eigenvalue weighted by Crippen LogP contribution is -2.21. The molecule has 10 heteroatoms. The standard InChI is InChI=1S/C34H30ClFN4O4/c1-20(2)27-17-28(21(3)15-31(27)43-4)33-39-29-8-6-5-7-26(29)34(42)40(33)37-18-22-16-23(35)9-14-30(22)44-19-32(41)38-25-12-10-24(36)11-13-25/h5-18,20H,19H2,1-4H3,(H,38,41). The van der Waals surface area contributed by atoms with Crippen LogP contribution >= 0.6 is 11.6 Å². The molecule has 0 fully saturated rings. The first kappa shape index (κ1) is 30.4. The molecular weight excluding hydrogens is 583 g/mol. The number of methoxy groups -OCH3 is 1. The van der Waals surface area contributed by atoms with E-state index in [0.717, 1.165) is 22.4 Å². The molecule has 5 aromatic rings. The number of nitrogens with zero attached hydrogens (tertiary/aromatic N) is 3. The number of fused-ring (bicyclic) bond motifs is 1. The molecule has 0 aliphatic rings. The van der Waals surface area contributed by atoms with Crippen molar-refractivity contribution in [2.75, 3.05) is 19.0 Å². The third-order valence-corrected chi connectivity index (χ3v) is 7.20. The van der Waals surface area contributed by atoms with Crippen molar-refractivity contribution in [3.63, 3.8) is 0 Å². The molecule has 1 aromatic heterocycles. The van der Waals surface area contributed by atoms with Crippen molar-refractivity contribution in [3.8, 4) is 22.9 Å². The highest BCUT2D eigenvalue weighted by molar-refractivity contribution is 6.30. The topological polar surface area (TPSA) is 94.8 Å². The molecule has 0 atom stereocenters. The molecule has 0 saturated carbocycles. The predicted octanol–water partition coefficient (Wildman–Crippen LogP) is 7.20. The van der Waals surface area contributed by atoms with Crippen LogP contribution in [-0.4, -0.2) is 35.5 Å². The largest absolute Gasteiger partial charge is 0.496 e. The van der Waals surface area contributed by atoms with Gasteiger partial charge in [0.2, 0.25) is 0 Å². The van der Waals surface area contributed by atoms with Crippen LogP contribution in [0.15, 0.2) is 88.8 Å². The summed E-state index contributed by atoms with van der Waals surface area (Å²) in [5, 5.41) is 8.04. The van der Waals surface area contributed by atoms with E-state index in [0.29, 0.717) is 38.8 Å². The molecule has 1 heterocycles. The second kappa shape index (κ2) is 13.1. The van der Waals surface area contributed by atoms with Gasteiger partial charge in [-0.05, 0) is 90.7 Å². The Kier molecular flexibility index (Phi) is 9.06. The zero-order valence-corrected chi connectivity index (χ0v) is 25.4. The summed E-state index contributed by atoms with van der Waals surface area (Å²) in [5.74, 6) is 0.732. The molecule has 44 heavy (non-hydrogen) atoms. The normalized spacial score (nSPS) is 11.3. The lowest BCUT2D eigenvalue weighted by molar-refractivity contribution is -0.118. The maximum absolute atomic E-state index is 13.8. The van der Waals surface area contributed by atoms with Gasteiger partial charge in [-0.15, -0.1) is 0 Å². The molecule has 5 rings (SSSR count). The Morgan fingerprint density at radius 2 is 1.82 bits per heavy atom. The molecule has 0 spiro atoms. The molecule has 0 unspecified atom stereocenters. The third-order valence-electron chi connectivity index (χ3n) is 6.96. The zero-order valence-electron chi connectivity index (χ0n) is 24.6. The first-order valence-corrected chi connectivity index (χ1v) is 14.2. The van der Waals surface area contributed by atoms with Crippen molar-refractivity contribution in [1.82, 2.24) is 9.66 Å². The number of carbonyl (C=O) groups excluding carboxylic acids is 1. The van der Waals surface area contributed by atoms with Crippen LogP contribution in [-0.2, 0) is 4.79 Å². The van der Waals surface area contributed by atoms with E-state index in [1.165, 1.54) is 35.2 Å². The van der Waals surface area contributed by atoms with E-state index in [9.17, 15) is 14.0 Å². The van der Waals surface area contributed by atoms with Gasteiger partial charge in [-0.2, -0.15) is 9.78 Å². The van der Waals surface area contributed by atoms with Gasteiger partial charge in [0, 0.05) is 21.8 Å². The minimum Gasteiger partial charge on any atom is -0.496 e. The summed E-state index contributed by atoms with van der Waals surface area (Å²) in [6, 6.07) is 21.3. The van der Waals surface area contributed by atoms with Crippen LogP contribution in [0, 0.1) is 12.7 Å². The molecule has 1 amide bonds. The third kappa shape index (κ3) is 6.63. The molecule has 0 aliphatic carbocycles. The van der Waals surface area contributed by atoms with Crippen LogP contribution in [0.4, 0.5) is 10.1 Å². The van der Waals surface area contributed by atoms with Crippen LogP contribution in [0.25, 0.3) is 22.3 Å². The molecule has 0 bridgehead atoms. The molecule has 8 nitrogen and oxygen atoms in total.